The Kier molecular flexibility index (Phi) is 12.8. The first kappa shape index (κ1) is 27.1. The van der Waals surface area contributed by atoms with Gasteiger partial charge < -0.3 is 5.73 Å². The van der Waals surface area contributed by atoms with E-state index in [1.165, 1.54) is 22.3 Å². The van der Waals surface area contributed by atoms with Gasteiger partial charge in [0.15, 0.2) is 0 Å². The first-order chi connectivity index (χ1) is 10.9. The second-order valence-corrected chi connectivity index (χ2v) is 6.25. The van der Waals surface area contributed by atoms with Gasteiger partial charge in [-0.05, 0) is 34.1 Å². The van der Waals surface area contributed by atoms with Crippen LogP contribution in [0, 0.1) is 27.7 Å². The van der Waals surface area contributed by atoms with Crippen molar-refractivity contribution in [3.05, 3.63) is 94.6 Å². The van der Waals surface area contributed by atoms with Crippen LogP contribution in [0.4, 0.5) is 5.69 Å². The largest absolute Gasteiger partial charge is 2.00 e. The van der Waals surface area contributed by atoms with Crippen LogP contribution in [0.1, 0.15) is 41.2 Å². The second kappa shape index (κ2) is 12.3. The normalized spacial score (nSPS) is 11.5. The molecule has 0 atom stereocenters. The zero-order chi connectivity index (χ0) is 17.0. The van der Waals surface area contributed by atoms with Crippen LogP contribution in [0.15, 0.2) is 54.1 Å². The van der Waals surface area contributed by atoms with Crippen molar-refractivity contribution >= 4 is 36.1 Å². The van der Waals surface area contributed by atoms with Crippen molar-refractivity contribution in [3.63, 3.8) is 0 Å². The molecule has 0 spiro atoms. The predicted octanol–water partition coefficient (Wildman–Crippen LogP) is 7.74. The van der Waals surface area contributed by atoms with Gasteiger partial charge in [-0.3, -0.25) is 0 Å². The van der Waals surface area contributed by atoms with Crippen molar-refractivity contribution in [1.29, 1.82) is 0 Å². The van der Waals surface area contributed by atoms with Crippen molar-refractivity contribution in [3.8, 4) is 0 Å². The molecule has 2 aromatic rings. The van der Waals surface area contributed by atoms with E-state index < -0.39 is 0 Å². The zero-order valence-electron chi connectivity index (χ0n) is 15.8. The van der Waals surface area contributed by atoms with Crippen molar-refractivity contribution < 1.29 is 21.7 Å². The average Bonchev–Trinajstić information content (AvgIpc) is 2.92. The molecule has 0 unspecified atom stereocenters. The van der Waals surface area contributed by atoms with E-state index in [0.717, 1.165) is 23.1 Å². The van der Waals surface area contributed by atoms with Crippen LogP contribution < -0.4 is 0 Å². The number of aryl methyl sites for hydroxylation is 3. The van der Waals surface area contributed by atoms with E-state index in [9.17, 15) is 0 Å². The summed E-state index contributed by atoms with van der Waals surface area (Å²) < 4.78 is 0. The Bertz CT molecular complexity index is 756. The SMILES string of the molecule is Cc1cc(C)c([NH-])c(C)c1.Cl.Cl.[CH2-]c1ccccc1C1=CC(C)=CC1.[Ti+2]. The van der Waals surface area contributed by atoms with Gasteiger partial charge in [-0.25, -0.2) is 0 Å². The Labute approximate surface area is 185 Å². The van der Waals surface area contributed by atoms with Crippen LogP contribution in [-0.4, -0.2) is 0 Å². The number of halogens is 2. The van der Waals surface area contributed by atoms with Crippen molar-refractivity contribution in [2.45, 2.75) is 34.1 Å². The summed E-state index contributed by atoms with van der Waals surface area (Å²) in [4.78, 5) is 0. The van der Waals surface area contributed by atoms with E-state index in [1.807, 2.05) is 32.0 Å². The summed E-state index contributed by atoms with van der Waals surface area (Å²) in [5, 5.41) is 0. The topological polar surface area (TPSA) is 23.8 Å². The molecular formula is C22H27Cl2NTi. The summed E-state index contributed by atoms with van der Waals surface area (Å²) in [5.41, 5.74) is 16.7. The standard InChI is InChI=1S/C13H13.C9H12N.2ClH.Ti/c1-10-7-8-12(9-10)13-6-4-3-5-11(13)2;1-6-4-7(2)9(10)8(3)5-6;;;/h3-7,9H,2,8H2,1H3;4-5,10H,1-3H3;2*1H;/q2*-1;;;+2. The maximum Gasteiger partial charge on any atom is 2.00 e. The minimum Gasteiger partial charge on any atom is -0.698 e. The molecule has 0 fully saturated rings. The number of rotatable bonds is 1. The minimum atomic E-state index is 0. The van der Waals surface area contributed by atoms with E-state index in [-0.39, 0.29) is 46.5 Å². The van der Waals surface area contributed by atoms with Gasteiger partial charge in [-0.2, -0.15) is 18.6 Å². The molecule has 2 aromatic carbocycles. The maximum absolute atomic E-state index is 7.54. The molecule has 0 saturated heterocycles. The zero-order valence-corrected chi connectivity index (χ0v) is 19.0. The Balaban J connectivity index is 0. The van der Waals surface area contributed by atoms with Gasteiger partial charge in [0, 0.05) is 0 Å². The summed E-state index contributed by atoms with van der Waals surface area (Å²) in [7, 11) is 0. The van der Waals surface area contributed by atoms with Gasteiger partial charge in [0.2, 0.25) is 0 Å². The fraction of sp³-hybridized carbons (Fsp3) is 0.227. The summed E-state index contributed by atoms with van der Waals surface area (Å²) in [5.74, 6) is 0. The number of allylic oxidation sites excluding steroid dienone is 4. The van der Waals surface area contributed by atoms with Gasteiger partial charge in [-0.15, -0.1) is 48.2 Å². The smallest absolute Gasteiger partial charge is 0.698 e. The molecule has 0 aromatic heterocycles. The number of benzene rings is 2. The van der Waals surface area contributed by atoms with Gasteiger partial charge in [0.1, 0.15) is 0 Å². The van der Waals surface area contributed by atoms with Crippen LogP contribution in [-0.2, 0) is 21.7 Å². The van der Waals surface area contributed by atoms with Gasteiger partial charge in [0.05, 0.1) is 0 Å². The molecule has 1 aliphatic carbocycles. The maximum atomic E-state index is 7.54. The van der Waals surface area contributed by atoms with Crippen molar-refractivity contribution in [2.24, 2.45) is 0 Å². The molecule has 3 rings (SSSR count). The monoisotopic (exact) mass is 423 g/mol. The van der Waals surface area contributed by atoms with Crippen molar-refractivity contribution in [2.75, 3.05) is 0 Å². The molecular weight excluding hydrogens is 397 g/mol. The third-order valence-electron chi connectivity index (χ3n) is 4.09. The minimum absolute atomic E-state index is 0. The van der Waals surface area contributed by atoms with E-state index in [2.05, 4.69) is 51.1 Å². The Morgan fingerprint density at radius 2 is 1.46 bits per heavy atom. The Morgan fingerprint density at radius 1 is 0.923 bits per heavy atom. The molecule has 1 aliphatic rings. The Hall–Kier alpha value is -1.12. The molecule has 0 radical (unpaired) electrons. The fourth-order valence-corrected chi connectivity index (χ4v) is 2.86. The molecule has 1 nitrogen and oxygen atoms in total. The van der Waals surface area contributed by atoms with Gasteiger partial charge >= 0.3 is 21.7 Å². The number of hydrogen-bond donors (Lipinski definition) is 0. The van der Waals surface area contributed by atoms with Gasteiger partial charge in [-0.1, -0.05) is 58.2 Å². The van der Waals surface area contributed by atoms with E-state index in [1.54, 1.807) is 0 Å². The summed E-state index contributed by atoms with van der Waals surface area (Å²) in [6.45, 7) is 12.2. The van der Waals surface area contributed by atoms with Crippen molar-refractivity contribution in [1.82, 2.24) is 0 Å². The van der Waals surface area contributed by atoms with Crippen LogP contribution in [0.25, 0.3) is 11.3 Å². The molecule has 0 amide bonds. The third-order valence-corrected chi connectivity index (χ3v) is 4.09. The number of hydrogen-bond acceptors (Lipinski definition) is 0. The van der Waals surface area contributed by atoms with Crippen LogP contribution in [0.2, 0.25) is 0 Å². The Morgan fingerprint density at radius 3 is 1.92 bits per heavy atom. The summed E-state index contributed by atoms with van der Waals surface area (Å²) >= 11 is 0. The first-order valence-corrected chi connectivity index (χ1v) is 7.96. The molecule has 0 aliphatic heterocycles. The molecule has 0 bridgehead atoms. The summed E-state index contributed by atoms with van der Waals surface area (Å²) in [6, 6.07) is 12.4. The molecule has 4 heteroatoms. The number of nitrogens with one attached hydrogen (secondary N) is 1. The van der Waals surface area contributed by atoms with Crippen LogP contribution >= 0.6 is 24.8 Å². The molecule has 0 saturated carbocycles. The van der Waals surface area contributed by atoms with Gasteiger partial charge in [0.25, 0.3) is 0 Å². The predicted molar refractivity (Wildman–Crippen MR) is 116 cm³/mol. The van der Waals surface area contributed by atoms with E-state index >= 15 is 0 Å². The fourth-order valence-electron chi connectivity index (χ4n) is 2.86. The van der Waals surface area contributed by atoms with Crippen LogP contribution in [0.3, 0.4) is 0 Å². The quantitative estimate of drug-likeness (QED) is 0.330. The second-order valence-electron chi connectivity index (χ2n) is 6.25. The van der Waals surface area contributed by atoms with Crippen LogP contribution in [0.5, 0.6) is 0 Å². The molecule has 26 heavy (non-hydrogen) atoms. The first-order valence-electron chi connectivity index (χ1n) is 7.96. The molecule has 1 N–H and O–H groups in total. The molecule has 0 heterocycles. The molecule has 138 valence electrons. The van der Waals surface area contributed by atoms with E-state index in [4.69, 9.17) is 5.73 Å². The third kappa shape index (κ3) is 7.25. The van der Waals surface area contributed by atoms with E-state index in [0.29, 0.717) is 5.69 Å². The summed E-state index contributed by atoms with van der Waals surface area (Å²) in [6.07, 6.45) is 5.55. The average molecular weight is 424 g/mol.